The van der Waals surface area contributed by atoms with Crippen LogP contribution in [0.1, 0.15) is 0 Å². The van der Waals surface area contributed by atoms with E-state index in [0.29, 0.717) is 0 Å². The number of carbonyl (C=O) groups is 1. The second kappa shape index (κ2) is 13.4. The van der Waals surface area contributed by atoms with Crippen LogP contribution in [0.4, 0.5) is 0 Å². The van der Waals surface area contributed by atoms with Crippen LogP contribution in [0.25, 0.3) is 0 Å². The molecule has 1 aliphatic carbocycles. The SMILES string of the molecule is O=C(OC[C@H]1O[C@@H](Oc2ccc(O)cc2)[C@H](O)[C@@H](O)[C@@H]1O)C1=CO[C@@H](O[C@@H]2O[C@H](CO)[C@@H](O)[C@H](O)[C@H]2O)[C@H]2[C@H]1C=C[C@]2(O)CO. The fraction of sp³-hybridized carbons (Fsp3) is 0.607. The maximum Gasteiger partial charge on any atom is 0.337 e. The van der Waals surface area contributed by atoms with Gasteiger partial charge in [-0.15, -0.1) is 0 Å². The monoisotopic (exact) mass is 644 g/mol. The zero-order valence-electron chi connectivity index (χ0n) is 23.5. The molecule has 2 fully saturated rings. The average Bonchev–Trinajstić information content (AvgIpc) is 3.40. The van der Waals surface area contributed by atoms with Crippen LogP contribution in [-0.2, 0) is 28.5 Å². The number of aromatic hydroxyl groups is 1. The maximum absolute atomic E-state index is 13.2. The molecule has 3 aliphatic heterocycles. The number of allylic oxidation sites excluding steroid dienone is 1. The Morgan fingerprint density at radius 3 is 2.09 bits per heavy atom. The third kappa shape index (κ3) is 6.53. The van der Waals surface area contributed by atoms with Crippen LogP contribution in [0.5, 0.6) is 11.5 Å². The summed E-state index contributed by atoms with van der Waals surface area (Å²) < 4.78 is 33.0. The quantitative estimate of drug-likeness (QED) is 0.0899. The van der Waals surface area contributed by atoms with E-state index in [-0.39, 0.29) is 17.1 Å². The molecule has 0 spiro atoms. The minimum Gasteiger partial charge on any atom is -0.508 e. The highest BCUT2D eigenvalue weighted by Crippen LogP contribution is 2.45. The van der Waals surface area contributed by atoms with Gasteiger partial charge in [-0.25, -0.2) is 4.79 Å². The van der Waals surface area contributed by atoms with Gasteiger partial charge in [0.1, 0.15) is 72.5 Å². The number of phenolic OH excluding ortho intramolecular Hbond substituents is 1. The normalized spacial score (nSPS) is 42.8. The zero-order valence-corrected chi connectivity index (χ0v) is 23.5. The lowest BCUT2D eigenvalue weighted by Crippen LogP contribution is -2.61. The summed E-state index contributed by atoms with van der Waals surface area (Å²) in [6.45, 7) is -2.19. The van der Waals surface area contributed by atoms with Gasteiger partial charge >= 0.3 is 5.97 Å². The summed E-state index contributed by atoms with van der Waals surface area (Å²) in [5.41, 5.74) is -2.15. The van der Waals surface area contributed by atoms with Gasteiger partial charge < -0.3 is 79.5 Å². The van der Waals surface area contributed by atoms with Gasteiger partial charge in [0.05, 0.1) is 31.0 Å². The molecule has 0 bridgehead atoms. The molecule has 4 aliphatic rings. The summed E-state index contributed by atoms with van der Waals surface area (Å²) in [5, 5.41) is 102. The Labute approximate surface area is 255 Å². The number of esters is 1. The third-order valence-corrected chi connectivity index (χ3v) is 8.28. The first-order valence-corrected chi connectivity index (χ1v) is 14.0. The number of hydrogen-bond acceptors (Lipinski definition) is 17. The minimum absolute atomic E-state index is 0.0442. The third-order valence-electron chi connectivity index (χ3n) is 8.28. The Bertz CT molecular complexity index is 1240. The molecular weight excluding hydrogens is 608 g/mol. The fourth-order valence-corrected chi connectivity index (χ4v) is 5.64. The standard InChI is InChI=1S/C28H36O17/c29-7-15-18(32)20(34)23(37)27(43-15)45-25-17-13(5-6-28(17,39)10-30)14(8-41-25)24(38)40-9-16-19(33)21(35)22(36)26(44-16)42-12-3-1-11(31)2-4-12/h1-6,8,13,15-23,25-27,29-37,39H,7,9-10H2/t13-,15+,16+,17+,18+,19+,20-,21-,22+,23+,25-,26+,27-,28-/m0/s1. The molecule has 2 saturated heterocycles. The van der Waals surface area contributed by atoms with Crippen LogP contribution in [-0.4, -0.2) is 150 Å². The highest BCUT2D eigenvalue weighted by atomic mass is 16.8. The Balaban J connectivity index is 1.27. The molecule has 5 rings (SSSR count). The number of phenols is 1. The number of aliphatic hydroxyl groups is 9. The largest absolute Gasteiger partial charge is 0.508 e. The van der Waals surface area contributed by atoms with E-state index in [4.69, 9.17) is 28.4 Å². The lowest BCUT2D eigenvalue weighted by atomic mass is 9.79. The molecule has 0 unspecified atom stereocenters. The number of fused-ring (bicyclic) bond motifs is 1. The number of rotatable bonds is 9. The van der Waals surface area contributed by atoms with Gasteiger partial charge in [-0.3, -0.25) is 0 Å². The van der Waals surface area contributed by atoms with E-state index in [1.165, 1.54) is 36.4 Å². The molecule has 0 amide bonds. The van der Waals surface area contributed by atoms with Gasteiger partial charge in [-0.2, -0.15) is 0 Å². The maximum atomic E-state index is 13.2. The van der Waals surface area contributed by atoms with Gasteiger partial charge in [0.2, 0.25) is 12.6 Å². The fourth-order valence-electron chi connectivity index (χ4n) is 5.64. The number of benzene rings is 1. The first kappa shape index (κ1) is 33.5. The van der Waals surface area contributed by atoms with E-state index in [1.807, 2.05) is 0 Å². The van der Waals surface area contributed by atoms with Crippen LogP contribution in [0.2, 0.25) is 0 Å². The number of hydrogen-bond donors (Lipinski definition) is 10. The van der Waals surface area contributed by atoms with Gasteiger partial charge in [0, 0.05) is 5.92 Å². The summed E-state index contributed by atoms with van der Waals surface area (Å²) in [6.07, 6.45) is -14.1. The Morgan fingerprint density at radius 1 is 0.822 bits per heavy atom. The highest BCUT2D eigenvalue weighted by Gasteiger charge is 2.56. The van der Waals surface area contributed by atoms with Crippen molar-refractivity contribution in [2.75, 3.05) is 19.8 Å². The van der Waals surface area contributed by atoms with Crippen LogP contribution in [0.15, 0.2) is 48.3 Å². The van der Waals surface area contributed by atoms with Crippen molar-refractivity contribution < 1.29 is 84.3 Å². The lowest BCUT2D eigenvalue weighted by Gasteiger charge is -2.44. The Morgan fingerprint density at radius 2 is 1.44 bits per heavy atom. The van der Waals surface area contributed by atoms with E-state index in [2.05, 4.69) is 0 Å². The highest BCUT2D eigenvalue weighted by molar-refractivity contribution is 5.89. The summed E-state index contributed by atoms with van der Waals surface area (Å²) in [4.78, 5) is 13.2. The van der Waals surface area contributed by atoms with Crippen molar-refractivity contribution in [1.29, 1.82) is 0 Å². The molecular formula is C28H36O17. The Hall–Kier alpha value is -2.91. The van der Waals surface area contributed by atoms with Gasteiger partial charge in [-0.1, -0.05) is 12.2 Å². The molecule has 14 atom stereocenters. The second-order valence-electron chi connectivity index (χ2n) is 11.2. The lowest BCUT2D eigenvalue weighted by molar-refractivity contribution is -0.346. The second-order valence-corrected chi connectivity index (χ2v) is 11.2. The first-order chi connectivity index (χ1) is 21.4. The van der Waals surface area contributed by atoms with E-state index < -0.39 is 111 Å². The average molecular weight is 645 g/mol. The van der Waals surface area contributed by atoms with Crippen LogP contribution in [0, 0.1) is 11.8 Å². The summed E-state index contributed by atoms with van der Waals surface area (Å²) in [7, 11) is 0. The van der Waals surface area contributed by atoms with Crippen LogP contribution < -0.4 is 4.74 Å². The number of carbonyl (C=O) groups excluding carboxylic acids is 1. The van der Waals surface area contributed by atoms with E-state index in [9.17, 15) is 55.9 Å². The molecule has 250 valence electrons. The molecule has 45 heavy (non-hydrogen) atoms. The van der Waals surface area contributed by atoms with Gasteiger partial charge in [0.15, 0.2) is 6.29 Å². The van der Waals surface area contributed by atoms with E-state index >= 15 is 0 Å². The molecule has 17 heteroatoms. The summed E-state index contributed by atoms with van der Waals surface area (Å²) in [6, 6.07) is 5.39. The predicted molar refractivity (Wildman–Crippen MR) is 142 cm³/mol. The Kier molecular flexibility index (Phi) is 9.99. The molecule has 17 nitrogen and oxygen atoms in total. The number of aliphatic hydroxyl groups excluding tert-OH is 8. The van der Waals surface area contributed by atoms with Crippen molar-refractivity contribution in [3.63, 3.8) is 0 Å². The zero-order chi connectivity index (χ0) is 32.6. The van der Waals surface area contributed by atoms with Crippen molar-refractivity contribution in [1.82, 2.24) is 0 Å². The summed E-state index contributed by atoms with van der Waals surface area (Å²) in [5.74, 6) is -3.10. The van der Waals surface area contributed by atoms with E-state index in [0.717, 1.165) is 6.26 Å². The molecule has 1 aromatic rings. The van der Waals surface area contributed by atoms with Gasteiger partial charge in [0.25, 0.3) is 0 Å². The molecule has 0 saturated carbocycles. The van der Waals surface area contributed by atoms with Crippen molar-refractivity contribution in [3.05, 3.63) is 48.3 Å². The molecule has 1 aromatic carbocycles. The van der Waals surface area contributed by atoms with Gasteiger partial charge in [-0.05, 0) is 24.3 Å². The van der Waals surface area contributed by atoms with Crippen molar-refractivity contribution in [2.24, 2.45) is 11.8 Å². The molecule has 3 heterocycles. The van der Waals surface area contributed by atoms with Crippen molar-refractivity contribution >= 4 is 5.97 Å². The topological polar surface area (TPSA) is 275 Å². The van der Waals surface area contributed by atoms with Crippen LogP contribution in [0.3, 0.4) is 0 Å². The molecule has 10 N–H and O–H groups in total. The van der Waals surface area contributed by atoms with Crippen molar-refractivity contribution in [3.8, 4) is 11.5 Å². The minimum atomic E-state index is -2.00. The number of ether oxygens (including phenoxy) is 6. The molecule has 0 radical (unpaired) electrons. The van der Waals surface area contributed by atoms with Crippen LogP contribution >= 0.6 is 0 Å². The molecule has 0 aromatic heterocycles. The summed E-state index contributed by atoms with van der Waals surface area (Å²) >= 11 is 0. The van der Waals surface area contributed by atoms with E-state index in [1.54, 1.807) is 0 Å². The first-order valence-electron chi connectivity index (χ1n) is 14.0. The van der Waals surface area contributed by atoms with Crippen molar-refractivity contribution in [2.45, 2.75) is 73.3 Å². The smallest absolute Gasteiger partial charge is 0.337 e. The predicted octanol–water partition coefficient (Wildman–Crippen LogP) is -4.30.